The molecule has 0 saturated carbocycles. The second-order valence-corrected chi connectivity index (χ2v) is 4.56. The number of nitro benzene ring substituents is 1. The molecule has 1 heterocycles. The molecule has 0 fully saturated rings. The molecular formula is C9H6ClN3O3S. The molecule has 8 heteroatoms. The quantitative estimate of drug-likeness (QED) is 0.633. The minimum atomic E-state index is -0.487. The highest BCUT2D eigenvalue weighted by molar-refractivity contribution is 7.18. The number of nitrogens with zero attached hydrogens (tertiary/aromatic N) is 3. The average Bonchev–Trinajstić information content (AvgIpc) is 2.74. The first-order chi connectivity index (χ1) is 8.11. The number of non-ortho nitro benzene ring substituents is 1. The molecule has 0 N–H and O–H groups in total. The first-order valence-electron chi connectivity index (χ1n) is 4.43. The van der Waals surface area contributed by atoms with Gasteiger partial charge in [0.15, 0.2) is 5.01 Å². The minimum Gasteiger partial charge on any atom is -0.496 e. The summed E-state index contributed by atoms with van der Waals surface area (Å²) in [6.45, 7) is 0. The Bertz CT molecular complexity index is 572. The third kappa shape index (κ3) is 2.34. The van der Waals surface area contributed by atoms with Gasteiger partial charge in [-0.15, -0.1) is 10.2 Å². The molecule has 0 aliphatic carbocycles. The van der Waals surface area contributed by atoms with Gasteiger partial charge in [-0.2, -0.15) is 0 Å². The van der Waals surface area contributed by atoms with Gasteiger partial charge in [-0.25, -0.2) is 0 Å². The van der Waals surface area contributed by atoms with Crippen LogP contribution in [0.5, 0.6) is 5.75 Å². The van der Waals surface area contributed by atoms with Crippen molar-refractivity contribution in [3.63, 3.8) is 0 Å². The Morgan fingerprint density at radius 3 is 2.76 bits per heavy atom. The fourth-order valence-corrected chi connectivity index (χ4v) is 2.14. The summed E-state index contributed by atoms with van der Waals surface area (Å²) < 4.78 is 5.40. The van der Waals surface area contributed by atoms with Gasteiger partial charge >= 0.3 is 0 Å². The fraction of sp³-hybridized carbons (Fsp3) is 0.111. The van der Waals surface area contributed by atoms with Crippen LogP contribution in [0.4, 0.5) is 5.69 Å². The van der Waals surface area contributed by atoms with Crippen LogP contribution in [0.25, 0.3) is 10.6 Å². The third-order valence-corrected chi connectivity index (χ3v) is 3.08. The molecule has 6 nitrogen and oxygen atoms in total. The van der Waals surface area contributed by atoms with Crippen molar-refractivity contribution < 1.29 is 9.66 Å². The van der Waals surface area contributed by atoms with Crippen LogP contribution >= 0.6 is 22.9 Å². The van der Waals surface area contributed by atoms with Gasteiger partial charge in [0.05, 0.1) is 23.7 Å². The normalized spacial score (nSPS) is 10.2. The number of methoxy groups -OCH3 is 1. The van der Waals surface area contributed by atoms with Crippen LogP contribution in [-0.4, -0.2) is 22.2 Å². The maximum atomic E-state index is 10.6. The number of benzene rings is 1. The van der Waals surface area contributed by atoms with Gasteiger partial charge in [-0.1, -0.05) is 11.3 Å². The van der Waals surface area contributed by atoms with Crippen LogP contribution in [0, 0.1) is 10.1 Å². The van der Waals surface area contributed by atoms with E-state index in [4.69, 9.17) is 16.3 Å². The lowest BCUT2D eigenvalue weighted by Gasteiger charge is -2.04. The number of halogens is 1. The van der Waals surface area contributed by atoms with Crippen molar-refractivity contribution in [1.82, 2.24) is 10.2 Å². The molecule has 0 bridgehead atoms. The van der Waals surface area contributed by atoms with Crippen LogP contribution in [-0.2, 0) is 0 Å². The molecule has 2 rings (SSSR count). The third-order valence-electron chi connectivity index (χ3n) is 2.03. The molecule has 0 aliphatic heterocycles. The van der Waals surface area contributed by atoms with Gasteiger partial charge in [0.25, 0.3) is 5.69 Å². The Kier molecular flexibility index (Phi) is 3.21. The Morgan fingerprint density at radius 1 is 1.47 bits per heavy atom. The highest BCUT2D eigenvalue weighted by Crippen LogP contribution is 2.35. The Morgan fingerprint density at radius 2 is 2.24 bits per heavy atom. The predicted octanol–water partition coefficient (Wildman–Crippen LogP) is 2.78. The molecular weight excluding hydrogens is 266 g/mol. The molecule has 88 valence electrons. The van der Waals surface area contributed by atoms with Gasteiger partial charge in [-0.05, 0) is 17.7 Å². The summed E-state index contributed by atoms with van der Waals surface area (Å²) in [5.74, 6) is 0.368. The maximum absolute atomic E-state index is 10.6. The highest BCUT2D eigenvalue weighted by atomic mass is 35.5. The lowest BCUT2D eigenvalue weighted by molar-refractivity contribution is -0.384. The number of nitro groups is 1. The maximum Gasteiger partial charge on any atom is 0.273 e. The van der Waals surface area contributed by atoms with Crippen LogP contribution < -0.4 is 4.74 Å². The lowest BCUT2D eigenvalue weighted by Crippen LogP contribution is -1.92. The largest absolute Gasteiger partial charge is 0.496 e. The Labute approximate surface area is 105 Å². The summed E-state index contributed by atoms with van der Waals surface area (Å²) in [6, 6.07) is 4.28. The van der Waals surface area contributed by atoms with E-state index >= 15 is 0 Å². The van der Waals surface area contributed by atoms with Crippen molar-refractivity contribution >= 4 is 28.6 Å². The number of hydrogen-bond acceptors (Lipinski definition) is 6. The zero-order valence-corrected chi connectivity index (χ0v) is 10.2. The van der Waals surface area contributed by atoms with Gasteiger partial charge in [0, 0.05) is 6.07 Å². The molecule has 0 spiro atoms. The second kappa shape index (κ2) is 4.64. The van der Waals surface area contributed by atoms with Crippen LogP contribution in [0.3, 0.4) is 0 Å². The summed E-state index contributed by atoms with van der Waals surface area (Å²) in [7, 11) is 1.44. The standard InChI is InChI=1S/C9H6ClN3O3S/c1-16-7-4-5(13(14)15)2-3-6(7)8-11-12-9(10)17-8/h2-4H,1H3. The van der Waals surface area contributed by atoms with Gasteiger partial charge < -0.3 is 4.74 Å². The molecule has 0 aliphatic rings. The average molecular weight is 272 g/mol. The van der Waals surface area contributed by atoms with E-state index in [-0.39, 0.29) is 5.69 Å². The summed E-state index contributed by atoms with van der Waals surface area (Å²) in [4.78, 5) is 10.1. The molecule has 2 aromatic rings. The number of rotatable bonds is 3. The van der Waals surface area contributed by atoms with Crippen LogP contribution in [0.15, 0.2) is 18.2 Å². The second-order valence-electron chi connectivity index (χ2n) is 3.00. The zero-order chi connectivity index (χ0) is 12.4. The van der Waals surface area contributed by atoms with E-state index in [1.54, 1.807) is 6.07 Å². The van der Waals surface area contributed by atoms with Crippen molar-refractivity contribution in [1.29, 1.82) is 0 Å². The fourth-order valence-electron chi connectivity index (χ4n) is 1.28. The number of hydrogen-bond donors (Lipinski definition) is 0. The van der Waals surface area contributed by atoms with Crippen molar-refractivity contribution in [3.05, 3.63) is 32.8 Å². The van der Waals surface area contributed by atoms with Crippen molar-refractivity contribution in [3.8, 4) is 16.3 Å². The SMILES string of the molecule is COc1cc([N+](=O)[O-])ccc1-c1nnc(Cl)s1. The summed E-state index contributed by atoms with van der Waals surface area (Å²) >= 11 is 6.86. The number of ether oxygens (including phenoxy) is 1. The van der Waals surface area contributed by atoms with E-state index in [2.05, 4.69) is 10.2 Å². The molecule has 0 saturated heterocycles. The van der Waals surface area contributed by atoms with Gasteiger partial charge in [0.2, 0.25) is 4.47 Å². The Hall–Kier alpha value is -1.73. The molecule has 0 atom stereocenters. The van der Waals surface area contributed by atoms with E-state index < -0.39 is 4.92 Å². The topological polar surface area (TPSA) is 78.2 Å². The van der Waals surface area contributed by atoms with Gasteiger partial charge in [-0.3, -0.25) is 10.1 Å². The molecule has 17 heavy (non-hydrogen) atoms. The molecule has 0 unspecified atom stereocenters. The molecule has 0 amide bonds. The first-order valence-corrected chi connectivity index (χ1v) is 5.63. The van der Waals surface area contributed by atoms with E-state index in [1.165, 1.54) is 30.6 Å². The monoisotopic (exact) mass is 271 g/mol. The van der Waals surface area contributed by atoms with E-state index in [0.717, 1.165) is 0 Å². The molecule has 0 radical (unpaired) electrons. The number of aromatic nitrogens is 2. The minimum absolute atomic E-state index is 0.0405. The zero-order valence-electron chi connectivity index (χ0n) is 8.58. The molecule has 1 aromatic carbocycles. The van der Waals surface area contributed by atoms with Crippen LogP contribution in [0.2, 0.25) is 4.47 Å². The highest BCUT2D eigenvalue weighted by Gasteiger charge is 2.15. The first kappa shape index (κ1) is 11.7. The van der Waals surface area contributed by atoms with Crippen LogP contribution in [0.1, 0.15) is 0 Å². The Balaban J connectivity index is 2.51. The summed E-state index contributed by atoms with van der Waals surface area (Å²) in [5.41, 5.74) is 0.587. The van der Waals surface area contributed by atoms with E-state index in [0.29, 0.717) is 20.8 Å². The summed E-state index contributed by atoms with van der Waals surface area (Å²) in [5, 5.41) is 18.7. The summed E-state index contributed by atoms with van der Waals surface area (Å²) in [6.07, 6.45) is 0. The van der Waals surface area contributed by atoms with E-state index in [1.807, 2.05) is 0 Å². The lowest BCUT2D eigenvalue weighted by atomic mass is 10.2. The van der Waals surface area contributed by atoms with Gasteiger partial charge in [0.1, 0.15) is 5.75 Å². The predicted molar refractivity (Wildman–Crippen MR) is 63.6 cm³/mol. The molecule has 1 aromatic heterocycles. The van der Waals surface area contributed by atoms with Crippen molar-refractivity contribution in [2.24, 2.45) is 0 Å². The van der Waals surface area contributed by atoms with Crippen molar-refractivity contribution in [2.75, 3.05) is 7.11 Å². The van der Waals surface area contributed by atoms with Crippen molar-refractivity contribution in [2.45, 2.75) is 0 Å². The smallest absolute Gasteiger partial charge is 0.273 e. The van der Waals surface area contributed by atoms with E-state index in [9.17, 15) is 10.1 Å².